The largest absolute Gasteiger partial charge is 0.305 e. The lowest BCUT2D eigenvalue weighted by atomic mass is 10.1. The highest BCUT2D eigenvalue weighted by Crippen LogP contribution is 2.24. The zero-order valence-corrected chi connectivity index (χ0v) is 17.6. The summed E-state index contributed by atoms with van der Waals surface area (Å²) in [7, 11) is 0. The monoisotopic (exact) mass is 436 g/mol. The van der Waals surface area contributed by atoms with Crippen LogP contribution in [0.3, 0.4) is 0 Å². The molecule has 7 nitrogen and oxygen atoms in total. The lowest BCUT2D eigenvalue weighted by molar-refractivity contribution is 0.0642. The minimum atomic E-state index is -0.325. The Labute approximate surface area is 190 Å². The molecule has 0 fully saturated rings. The average molecular weight is 436 g/mol. The van der Waals surface area contributed by atoms with Crippen LogP contribution in [0, 0.1) is 0 Å². The Balaban J connectivity index is 1.26. The Morgan fingerprint density at radius 3 is 2.15 bits per heavy atom. The molecule has 4 aromatic rings. The van der Waals surface area contributed by atoms with Crippen molar-refractivity contribution >= 4 is 23.5 Å². The highest BCUT2D eigenvalue weighted by molar-refractivity contribution is 6.21. The molecule has 162 valence electrons. The second-order valence-electron chi connectivity index (χ2n) is 7.78. The summed E-state index contributed by atoms with van der Waals surface area (Å²) in [5.41, 5.74) is 3.03. The second-order valence-corrected chi connectivity index (χ2v) is 7.78. The Kier molecular flexibility index (Phi) is 5.28. The van der Waals surface area contributed by atoms with E-state index in [4.69, 9.17) is 0 Å². The van der Waals surface area contributed by atoms with Crippen molar-refractivity contribution in [1.82, 2.24) is 14.7 Å². The van der Waals surface area contributed by atoms with Crippen LogP contribution in [0.2, 0.25) is 0 Å². The molecule has 33 heavy (non-hydrogen) atoms. The quantitative estimate of drug-likeness (QED) is 0.464. The van der Waals surface area contributed by atoms with Gasteiger partial charge >= 0.3 is 0 Å². The third-order valence-corrected chi connectivity index (χ3v) is 5.48. The van der Waals surface area contributed by atoms with Gasteiger partial charge in [0.05, 0.1) is 24.2 Å². The fraction of sp³-hybridized carbons (Fsp3) is 0.0769. The van der Waals surface area contributed by atoms with Crippen molar-refractivity contribution in [2.75, 3.05) is 5.32 Å². The minimum absolute atomic E-state index is 0.0964. The first kappa shape index (κ1) is 20.4. The number of anilines is 1. The van der Waals surface area contributed by atoms with Gasteiger partial charge in [-0.3, -0.25) is 24.0 Å². The standard InChI is InChI=1S/C26H20N4O3/c31-24(27-23-13-14-29(28-23)16-18-7-2-1-3-8-18)20-10-6-9-19(15-20)17-30-25(32)21-11-4-5-12-22(21)26(30)33/h1-15H,16-17H2,(H,27,28,31). The van der Waals surface area contributed by atoms with Gasteiger partial charge in [-0.15, -0.1) is 0 Å². The van der Waals surface area contributed by atoms with Crippen LogP contribution in [0.5, 0.6) is 0 Å². The number of hydrogen-bond donors (Lipinski definition) is 1. The summed E-state index contributed by atoms with van der Waals surface area (Å²) in [6.45, 7) is 0.700. The number of carbonyl (C=O) groups excluding carboxylic acids is 3. The molecule has 1 aliphatic rings. The number of aromatic nitrogens is 2. The first-order valence-corrected chi connectivity index (χ1v) is 10.5. The molecule has 1 aromatic heterocycles. The van der Waals surface area contributed by atoms with Crippen molar-refractivity contribution < 1.29 is 14.4 Å². The lowest BCUT2D eigenvalue weighted by Gasteiger charge is -2.14. The summed E-state index contributed by atoms with van der Waals surface area (Å²) in [6.07, 6.45) is 1.81. The van der Waals surface area contributed by atoms with Crippen molar-refractivity contribution in [2.45, 2.75) is 13.1 Å². The molecule has 3 aromatic carbocycles. The molecule has 0 spiro atoms. The van der Waals surface area contributed by atoms with E-state index in [0.29, 0.717) is 34.6 Å². The summed E-state index contributed by atoms with van der Waals surface area (Å²) in [4.78, 5) is 39.2. The van der Waals surface area contributed by atoms with Crippen LogP contribution in [-0.2, 0) is 13.1 Å². The average Bonchev–Trinajstić information content (AvgIpc) is 3.37. The van der Waals surface area contributed by atoms with E-state index >= 15 is 0 Å². The Morgan fingerprint density at radius 1 is 0.758 bits per heavy atom. The highest BCUT2D eigenvalue weighted by Gasteiger charge is 2.35. The summed E-state index contributed by atoms with van der Waals surface area (Å²) >= 11 is 0. The number of hydrogen-bond acceptors (Lipinski definition) is 4. The van der Waals surface area contributed by atoms with Crippen molar-refractivity contribution in [1.29, 1.82) is 0 Å². The molecule has 0 radical (unpaired) electrons. The van der Waals surface area contributed by atoms with Gasteiger partial charge in [-0.2, -0.15) is 5.10 Å². The molecule has 0 atom stereocenters. The zero-order valence-electron chi connectivity index (χ0n) is 17.6. The van der Waals surface area contributed by atoms with Crippen molar-refractivity contribution in [3.8, 4) is 0 Å². The third-order valence-electron chi connectivity index (χ3n) is 5.48. The maximum absolute atomic E-state index is 12.8. The number of carbonyl (C=O) groups is 3. The number of nitrogens with zero attached hydrogens (tertiary/aromatic N) is 3. The molecule has 0 saturated heterocycles. The molecule has 3 amide bonds. The molecule has 2 heterocycles. The van der Waals surface area contributed by atoms with Gasteiger partial charge in [0.1, 0.15) is 0 Å². The number of rotatable bonds is 6. The van der Waals surface area contributed by atoms with Gasteiger partial charge in [-0.05, 0) is 35.4 Å². The molecular weight excluding hydrogens is 416 g/mol. The van der Waals surface area contributed by atoms with Gasteiger partial charge in [0.25, 0.3) is 17.7 Å². The van der Waals surface area contributed by atoms with Crippen molar-refractivity contribution in [3.63, 3.8) is 0 Å². The summed E-state index contributed by atoms with van der Waals surface area (Å²) in [6, 6.07) is 25.3. The molecule has 0 aliphatic carbocycles. The molecule has 0 unspecified atom stereocenters. The van der Waals surface area contributed by atoms with Crippen molar-refractivity contribution in [3.05, 3.63) is 119 Å². The second kappa shape index (κ2) is 8.55. The van der Waals surface area contributed by atoms with Crippen LogP contribution >= 0.6 is 0 Å². The summed E-state index contributed by atoms with van der Waals surface area (Å²) < 4.78 is 1.75. The molecule has 0 bridgehead atoms. The van der Waals surface area contributed by atoms with Crippen LogP contribution < -0.4 is 5.32 Å². The predicted molar refractivity (Wildman–Crippen MR) is 123 cm³/mol. The topological polar surface area (TPSA) is 84.3 Å². The Morgan fingerprint density at radius 2 is 1.42 bits per heavy atom. The van der Waals surface area contributed by atoms with Gasteiger partial charge in [0.15, 0.2) is 5.82 Å². The maximum Gasteiger partial charge on any atom is 0.261 e. The fourth-order valence-electron chi connectivity index (χ4n) is 3.85. The summed E-state index contributed by atoms with van der Waals surface area (Å²) in [5, 5.41) is 7.21. The first-order valence-electron chi connectivity index (χ1n) is 10.5. The molecule has 0 saturated carbocycles. The molecule has 5 rings (SSSR count). The van der Waals surface area contributed by atoms with Gasteiger partial charge in [0, 0.05) is 17.8 Å². The third kappa shape index (κ3) is 4.16. The smallest absolute Gasteiger partial charge is 0.261 e. The van der Waals surface area contributed by atoms with Gasteiger partial charge in [0.2, 0.25) is 0 Å². The van der Waals surface area contributed by atoms with Crippen LogP contribution in [0.4, 0.5) is 5.82 Å². The lowest BCUT2D eigenvalue weighted by Crippen LogP contribution is -2.29. The number of imide groups is 1. The van der Waals surface area contributed by atoms with E-state index in [0.717, 1.165) is 5.56 Å². The SMILES string of the molecule is O=C(Nc1ccn(Cc2ccccc2)n1)c1cccc(CN2C(=O)c3ccccc3C2=O)c1. The van der Waals surface area contributed by atoms with E-state index in [9.17, 15) is 14.4 Å². The van der Waals surface area contributed by atoms with Crippen LogP contribution in [0.15, 0.2) is 91.1 Å². The van der Waals surface area contributed by atoms with E-state index in [1.807, 2.05) is 30.3 Å². The van der Waals surface area contributed by atoms with E-state index in [1.54, 1.807) is 65.5 Å². The Bertz CT molecular complexity index is 1330. The van der Waals surface area contributed by atoms with Crippen LogP contribution in [0.1, 0.15) is 42.2 Å². The van der Waals surface area contributed by atoms with E-state index in [1.165, 1.54) is 4.90 Å². The fourth-order valence-corrected chi connectivity index (χ4v) is 3.85. The number of fused-ring (bicyclic) bond motifs is 1. The number of nitrogens with one attached hydrogen (secondary N) is 1. The maximum atomic E-state index is 12.8. The van der Waals surface area contributed by atoms with Gasteiger partial charge < -0.3 is 5.32 Å². The van der Waals surface area contributed by atoms with E-state index in [-0.39, 0.29) is 24.3 Å². The van der Waals surface area contributed by atoms with E-state index in [2.05, 4.69) is 10.4 Å². The number of amides is 3. The highest BCUT2D eigenvalue weighted by atomic mass is 16.2. The van der Waals surface area contributed by atoms with Gasteiger partial charge in [-0.1, -0.05) is 54.6 Å². The zero-order chi connectivity index (χ0) is 22.8. The van der Waals surface area contributed by atoms with Crippen LogP contribution in [-0.4, -0.2) is 32.4 Å². The van der Waals surface area contributed by atoms with Crippen molar-refractivity contribution in [2.24, 2.45) is 0 Å². The predicted octanol–water partition coefficient (Wildman–Crippen LogP) is 3.98. The van der Waals surface area contributed by atoms with Gasteiger partial charge in [-0.25, -0.2) is 0 Å². The number of benzene rings is 3. The normalized spacial score (nSPS) is 12.7. The summed E-state index contributed by atoms with van der Waals surface area (Å²) in [5.74, 6) is -0.519. The Hall–Kier alpha value is -4.52. The molecular formula is C26H20N4O3. The molecule has 1 aliphatic heterocycles. The van der Waals surface area contributed by atoms with Crippen LogP contribution in [0.25, 0.3) is 0 Å². The molecule has 1 N–H and O–H groups in total. The minimum Gasteiger partial charge on any atom is -0.305 e. The first-order chi connectivity index (χ1) is 16.1. The van der Waals surface area contributed by atoms with E-state index < -0.39 is 0 Å². The molecule has 7 heteroatoms.